The minimum absolute atomic E-state index is 0.102. The van der Waals surface area contributed by atoms with Gasteiger partial charge in [0.05, 0.1) is 4.90 Å². The van der Waals surface area contributed by atoms with Crippen LogP contribution in [0.4, 0.5) is 5.69 Å². The third-order valence-electron chi connectivity index (χ3n) is 4.31. The summed E-state index contributed by atoms with van der Waals surface area (Å²) < 4.78 is 31.3. The molecule has 7 nitrogen and oxygen atoms in total. The summed E-state index contributed by atoms with van der Waals surface area (Å²) in [6.07, 6.45) is 5.83. The van der Waals surface area contributed by atoms with Crippen LogP contribution >= 0.6 is 0 Å². The maximum Gasteiger partial charge on any atom is 0.294 e. The highest BCUT2D eigenvalue weighted by molar-refractivity contribution is 7.85. The monoisotopic (exact) mass is 363 g/mol. The molecule has 1 aliphatic rings. The molecule has 0 heterocycles. The lowest BCUT2D eigenvalue weighted by atomic mass is 9.86. The smallest absolute Gasteiger partial charge is 0.294 e. The second kappa shape index (κ2) is 8.14. The minimum Gasteiger partial charge on any atom is -0.387 e. The number of hydrogen-bond acceptors (Lipinski definition) is 5. The summed E-state index contributed by atoms with van der Waals surface area (Å²) in [6.45, 7) is 2.14. The van der Waals surface area contributed by atoms with Gasteiger partial charge in [0.2, 0.25) is 0 Å². The van der Waals surface area contributed by atoms with Crippen molar-refractivity contribution >= 4 is 21.7 Å². The van der Waals surface area contributed by atoms with Gasteiger partial charge < -0.3 is 10.6 Å². The molecule has 1 saturated carbocycles. The molecule has 2 atom stereocenters. The Kier molecular flexibility index (Phi) is 6.17. The van der Waals surface area contributed by atoms with Gasteiger partial charge in [-0.1, -0.05) is 25.8 Å². The lowest BCUT2D eigenvalue weighted by Crippen LogP contribution is -2.34. The number of nitrogens with zero attached hydrogens (tertiary/aromatic N) is 1. The highest BCUT2D eigenvalue weighted by atomic mass is 32.2. The molecule has 1 amide bonds. The van der Waals surface area contributed by atoms with E-state index in [1.54, 1.807) is 0 Å². The van der Waals surface area contributed by atoms with Crippen molar-refractivity contribution in [3.05, 3.63) is 36.0 Å². The quantitative estimate of drug-likeness (QED) is 0.420. The number of anilines is 1. The van der Waals surface area contributed by atoms with E-state index in [1.165, 1.54) is 30.8 Å². The maximum atomic E-state index is 12.2. The van der Waals surface area contributed by atoms with Crippen molar-refractivity contribution in [1.29, 1.82) is 5.26 Å². The second-order valence-corrected chi connectivity index (χ2v) is 7.58. The molecule has 0 bridgehead atoms. The predicted octanol–water partition coefficient (Wildman–Crippen LogP) is 2.45. The number of nitrogens with one attached hydrogen (secondary N) is 2. The van der Waals surface area contributed by atoms with Crippen LogP contribution in [-0.2, 0) is 14.9 Å². The first-order chi connectivity index (χ1) is 11.8. The number of carbonyl (C=O) groups excluding carboxylic acids is 1. The summed E-state index contributed by atoms with van der Waals surface area (Å²) >= 11 is 0. The zero-order valence-electron chi connectivity index (χ0n) is 13.9. The van der Waals surface area contributed by atoms with E-state index in [9.17, 15) is 18.5 Å². The Bertz CT molecular complexity index is 811. The number of benzene rings is 1. The van der Waals surface area contributed by atoms with Crippen LogP contribution in [0.1, 0.15) is 32.6 Å². The molecule has 8 heteroatoms. The SMILES string of the molecule is CC1CCCCC1N/C=C(/C#N)C(=O)Nc1cccc(S(=O)(=O)O)c1. The lowest BCUT2D eigenvalue weighted by Gasteiger charge is -2.29. The molecule has 25 heavy (non-hydrogen) atoms. The molecule has 0 spiro atoms. The van der Waals surface area contributed by atoms with Crippen LogP contribution < -0.4 is 10.6 Å². The maximum absolute atomic E-state index is 12.2. The van der Waals surface area contributed by atoms with Gasteiger partial charge in [-0.25, -0.2) is 0 Å². The first-order valence-corrected chi connectivity index (χ1v) is 9.50. The van der Waals surface area contributed by atoms with E-state index in [1.807, 2.05) is 6.07 Å². The van der Waals surface area contributed by atoms with Crippen molar-refractivity contribution in [3.63, 3.8) is 0 Å². The molecule has 1 fully saturated rings. The van der Waals surface area contributed by atoms with Gasteiger partial charge in [0.25, 0.3) is 16.0 Å². The van der Waals surface area contributed by atoms with Crippen LogP contribution in [0, 0.1) is 17.2 Å². The molecule has 1 aromatic carbocycles. The van der Waals surface area contributed by atoms with E-state index in [2.05, 4.69) is 17.6 Å². The number of hydrogen-bond donors (Lipinski definition) is 3. The number of rotatable bonds is 5. The first kappa shape index (κ1) is 19.0. The molecule has 2 unspecified atom stereocenters. The highest BCUT2D eigenvalue weighted by Crippen LogP contribution is 2.23. The van der Waals surface area contributed by atoms with Crippen LogP contribution in [-0.4, -0.2) is 24.9 Å². The third kappa shape index (κ3) is 5.31. The van der Waals surface area contributed by atoms with Gasteiger partial charge in [0.15, 0.2) is 0 Å². The summed E-state index contributed by atoms with van der Waals surface area (Å²) in [5.41, 5.74) is 0.0716. The Labute approximate surface area is 147 Å². The molecule has 0 aliphatic heterocycles. The van der Waals surface area contributed by atoms with E-state index in [-0.39, 0.29) is 22.2 Å². The zero-order chi connectivity index (χ0) is 18.4. The van der Waals surface area contributed by atoms with Gasteiger partial charge in [0.1, 0.15) is 11.6 Å². The Morgan fingerprint density at radius 1 is 1.36 bits per heavy atom. The van der Waals surface area contributed by atoms with Gasteiger partial charge in [-0.2, -0.15) is 13.7 Å². The summed E-state index contributed by atoms with van der Waals surface area (Å²) in [7, 11) is -4.36. The predicted molar refractivity (Wildman–Crippen MR) is 93.1 cm³/mol. The normalized spacial score (nSPS) is 21.2. The molecule has 0 aromatic heterocycles. The molecule has 2 rings (SSSR count). The fourth-order valence-electron chi connectivity index (χ4n) is 2.84. The van der Waals surface area contributed by atoms with Crippen molar-refractivity contribution in [1.82, 2.24) is 5.32 Å². The van der Waals surface area contributed by atoms with Gasteiger partial charge in [0, 0.05) is 17.9 Å². The Morgan fingerprint density at radius 2 is 2.08 bits per heavy atom. The molecule has 0 radical (unpaired) electrons. The van der Waals surface area contributed by atoms with E-state index in [0.717, 1.165) is 25.3 Å². The van der Waals surface area contributed by atoms with Crippen molar-refractivity contribution in [2.45, 2.75) is 43.5 Å². The van der Waals surface area contributed by atoms with Crippen LogP contribution in [0.5, 0.6) is 0 Å². The molecule has 3 N–H and O–H groups in total. The summed E-state index contributed by atoms with van der Waals surface area (Å²) in [4.78, 5) is 11.9. The Hall–Kier alpha value is -2.37. The Morgan fingerprint density at radius 3 is 2.72 bits per heavy atom. The topological polar surface area (TPSA) is 119 Å². The third-order valence-corrected chi connectivity index (χ3v) is 5.16. The molecular weight excluding hydrogens is 342 g/mol. The minimum atomic E-state index is -4.36. The van der Waals surface area contributed by atoms with E-state index in [0.29, 0.717) is 5.92 Å². The summed E-state index contributed by atoms with van der Waals surface area (Å²) in [5.74, 6) is -0.176. The van der Waals surface area contributed by atoms with Gasteiger partial charge in [-0.05, 0) is 37.0 Å². The molecule has 134 valence electrons. The molecular formula is C17H21N3O4S. The van der Waals surface area contributed by atoms with E-state index >= 15 is 0 Å². The van der Waals surface area contributed by atoms with Gasteiger partial charge in [-0.15, -0.1) is 0 Å². The standard InChI is InChI=1S/C17H21N3O4S/c1-12-5-2-3-8-16(12)19-11-13(10-18)17(21)20-14-6-4-7-15(9-14)25(22,23)24/h4,6-7,9,11-12,16,19H,2-3,5,8H2,1H3,(H,20,21)(H,22,23,24)/b13-11-. The van der Waals surface area contributed by atoms with Crippen LogP contribution in [0.3, 0.4) is 0 Å². The van der Waals surface area contributed by atoms with Gasteiger partial charge >= 0.3 is 0 Å². The summed E-state index contributed by atoms with van der Waals surface area (Å²) in [5, 5.41) is 14.8. The highest BCUT2D eigenvalue weighted by Gasteiger charge is 2.20. The van der Waals surface area contributed by atoms with E-state index in [4.69, 9.17) is 4.55 Å². The number of amides is 1. The van der Waals surface area contributed by atoms with Gasteiger partial charge in [-0.3, -0.25) is 9.35 Å². The van der Waals surface area contributed by atoms with E-state index < -0.39 is 16.0 Å². The van der Waals surface area contributed by atoms with Crippen molar-refractivity contribution in [2.24, 2.45) is 5.92 Å². The van der Waals surface area contributed by atoms with Crippen molar-refractivity contribution in [2.75, 3.05) is 5.32 Å². The van der Waals surface area contributed by atoms with Crippen LogP contribution in [0.15, 0.2) is 40.9 Å². The number of carbonyl (C=O) groups is 1. The average Bonchev–Trinajstić information content (AvgIpc) is 2.56. The molecule has 1 aromatic rings. The zero-order valence-corrected chi connectivity index (χ0v) is 14.7. The second-order valence-electron chi connectivity index (χ2n) is 6.16. The first-order valence-electron chi connectivity index (χ1n) is 8.06. The van der Waals surface area contributed by atoms with Crippen LogP contribution in [0.25, 0.3) is 0 Å². The largest absolute Gasteiger partial charge is 0.387 e. The number of nitriles is 1. The fourth-order valence-corrected chi connectivity index (χ4v) is 3.36. The van der Waals surface area contributed by atoms with Crippen molar-refractivity contribution in [3.8, 4) is 6.07 Å². The average molecular weight is 363 g/mol. The summed E-state index contributed by atoms with van der Waals surface area (Å²) in [6, 6.07) is 7.26. The Balaban J connectivity index is 2.07. The van der Waals surface area contributed by atoms with Crippen molar-refractivity contribution < 1.29 is 17.8 Å². The molecule has 1 aliphatic carbocycles. The van der Waals surface area contributed by atoms with Crippen LogP contribution in [0.2, 0.25) is 0 Å². The lowest BCUT2D eigenvalue weighted by molar-refractivity contribution is -0.112. The fraction of sp³-hybridized carbons (Fsp3) is 0.412. The molecule has 0 saturated heterocycles.